The Morgan fingerprint density at radius 3 is 2.79 bits per heavy atom. The standard InChI is InChI=1S/C12H22N2/c1-5-6-7-14-9-11(4)13-8-12(14)10(2)3/h10-13H,7-9H2,1-4H3. The highest BCUT2D eigenvalue weighted by atomic mass is 15.2. The van der Waals surface area contributed by atoms with Crippen molar-refractivity contribution in [3.8, 4) is 11.8 Å². The molecule has 0 saturated carbocycles. The Kier molecular flexibility index (Phi) is 4.44. The zero-order valence-corrected chi connectivity index (χ0v) is 9.80. The molecule has 0 aromatic rings. The summed E-state index contributed by atoms with van der Waals surface area (Å²) < 4.78 is 0. The summed E-state index contributed by atoms with van der Waals surface area (Å²) in [5.41, 5.74) is 0. The molecule has 0 aromatic carbocycles. The first kappa shape index (κ1) is 11.6. The van der Waals surface area contributed by atoms with Gasteiger partial charge in [0, 0.05) is 25.2 Å². The highest BCUT2D eigenvalue weighted by Crippen LogP contribution is 2.14. The molecule has 1 saturated heterocycles. The molecule has 1 heterocycles. The Balaban J connectivity index is 2.57. The van der Waals surface area contributed by atoms with Gasteiger partial charge in [-0.05, 0) is 19.8 Å². The van der Waals surface area contributed by atoms with Gasteiger partial charge in [-0.15, -0.1) is 5.92 Å². The van der Waals surface area contributed by atoms with E-state index < -0.39 is 0 Å². The third-order valence-electron chi connectivity index (χ3n) is 2.88. The number of hydrogen-bond acceptors (Lipinski definition) is 2. The van der Waals surface area contributed by atoms with E-state index in [0.29, 0.717) is 18.0 Å². The maximum atomic E-state index is 3.53. The molecule has 0 aromatic heterocycles. The third-order valence-corrected chi connectivity index (χ3v) is 2.88. The maximum absolute atomic E-state index is 3.53. The van der Waals surface area contributed by atoms with E-state index in [-0.39, 0.29) is 0 Å². The van der Waals surface area contributed by atoms with E-state index in [4.69, 9.17) is 0 Å². The van der Waals surface area contributed by atoms with Crippen LogP contribution in [0.2, 0.25) is 0 Å². The first-order chi connectivity index (χ1) is 6.65. The van der Waals surface area contributed by atoms with Crippen LogP contribution >= 0.6 is 0 Å². The van der Waals surface area contributed by atoms with E-state index >= 15 is 0 Å². The summed E-state index contributed by atoms with van der Waals surface area (Å²) in [5, 5.41) is 3.53. The lowest BCUT2D eigenvalue weighted by Gasteiger charge is -2.40. The Morgan fingerprint density at radius 1 is 1.50 bits per heavy atom. The van der Waals surface area contributed by atoms with Gasteiger partial charge in [0.05, 0.1) is 6.54 Å². The minimum atomic E-state index is 0.601. The smallest absolute Gasteiger partial charge is 0.0604 e. The van der Waals surface area contributed by atoms with Gasteiger partial charge in [0.1, 0.15) is 0 Å². The van der Waals surface area contributed by atoms with Crippen molar-refractivity contribution in [3.63, 3.8) is 0 Å². The number of piperazine rings is 1. The van der Waals surface area contributed by atoms with E-state index in [1.807, 2.05) is 6.92 Å². The molecule has 1 N–H and O–H groups in total. The Labute approximate surface area is 88.1 Å². The molecule has 0 amide bonds. The van der Waals surface area contributed by atoms with Crippen LogP contribution < -0.4 is 5.32 Å². The topological polar surface area (TPSA) is 15.3 Å². The fraction of sp³-hybridized carbons (Fsp3) is 0.833. The number of hydrogen-bond donors (Lipinski definition) is 1. The fourth-order valence-electron chi connectivity index (χ4n) is 2.02. The molecule has 2 atom stereocenters. The molecule has 2 heteroatoms. The molecule has 2 nitrogen and oxygen atoms in total. The van der Waals surface area contributed by atoms with Crippen molar-refractivity contribution in [2.24, 2.45) is 5.92 Å². The summed E-state index contributed by atoms with van der Waals surface area (Å²) in [7, 11) is 0. The van der Waals surface area contributed by atoms with Crippen LogP contribution in [0.4, 0.5) is 0 Å². The second-order valence-corrected chi connectivity index (χ2v) is 4.48. The average molecular weight is 194 g/mol. The molecular weight excluding hydrogens is 172 g/mol. The number of nitrogens with zero attached hydrogens (tertiary/aromatic N) is 1. The van der Waals surface area contributed by atoms with Crippen molar-refractivity contribution in [1.82, 2.24) is 10.2 Å². The maximum Gasteiger partial charge on any atom is 0.0604 e. The largest absolute Gasteiger partial charge is 0.311 e. The van der Waals surface area contributed by atoms with Crippen LogP contribution in [0, 0.1) is 17.8 Å². The second-order valence-electron chi connectivity index (χ2n) is 4.48. The van der Waals surface area contributed by atoms with E-state index in [1.165, 1.54) is 0 Å². The van der Waals surface area contributed by atoms with Crippen LogP contribution in [0.15, 0.2) is 0 Å². The van der Waals surface area contributed by atoms with Crippen molar-refractivity contribution in [1.29, 1.82) is 0 Å². The van der Waals surface area contributed by atoms with E-state index in [0.717, 1.165) is 19.6 Å². The lowest BCUT2D eigenvalue weighted by atomic mass is 9.99. The summed E-state index contributed by atoms with van der Waals surface area (Å²) in [4.78, 5) is 2.50. The van der Waals surface area contributed by atoms with Crippen LogP contribution in [0.1, 0.15) is 27.7 Å². The first-order valence-corrected chi connectivity index (χ1v) is 5.52. The van der Waals surface area contributed by atoms with Crippen molar-refractivity contribution in [3.05, 3.63) is 0 Å². The Morgan fingerprint density at radius 2 is 2.21 bits per heavy atom. The summed E-state index contributed by atoms with van der Waals surface area (Å²) in [5.74, 6) is 6.85. The molecule has 80 valence electrons. The molecule has 2 unspecified atom stereocenters. The quantitative estimate of drug-likeness (QED) is 0.667. The van der Waals surface area contributed by atoms with Gasteiger partial charge < -0.3 is 5.32 Å². The van der Waals surface area contributed by atoms with Gasteiger partial charge in [0.15, 0.2) is 0 Å². The summed E-state index contributed by atoms with van der Waals surface area (Å²) in [6, 6.07) is 1.25. The molecule has 1 aliphatic rings. The lowest BCUT2D eigenvalue weighted by molar-refractivity contribution is 0.118. The molecule has 0 spiro atoms. The highest BCUT2D eigenvalue weighted by Gasteiger charge is 2.26. The van der Waals surface area contributed by atoms with Gasteiger partial charge in [0.25, 0.3) is 0 Å². The SMILES string of the molecule is CC#CCN1CC(C)NCC1C(C)C. The van der Waals surface area contributed by atoms with E-state index in [9.17, 15) is 0 Å². The minimum absolute atomic E-state index is 0.601. The van der Waals surface area contributed by atoms with E-state index in [2.05, 4.69) is 42.8 Å². The van der Waals surface area contributed by atoms with Gasteiger partial charge >= 0.3 is 0 Å². The molecule has 1 aliphatic heterocycles. The van der Waals surface area contributed by atoms with Gasteiger partial charge in [-0.25, -0.2) is 0 Å². The molecule has 1 fully saturated rings. The van der Waals surface area contributed by atoms with Gasteiger partial charge in [-0.2, -0.15) is 0 Å². The lowest BCUT2D eigenvalue weighted by Crippen LogP contribution is -2.57. The predicted molar refractivity (Wildman–Crippen MR) is 61.1 cm³/mol. The van der Waals surface area contributed by atoms with Gasteiger partial charge in [0.2, 0.25) is 0 Å². The molecule has 0 bridgehead atoms. The Hall–Kier alpha value is -0.520. The zero-order chi connectivity index (χ0) is 10.6. The molecule has 0 radical (unpaired) electrons. The normalized spacial score (nSPS) is 28.6. The van der Waals surface area contributed by atoms with Gasteiger partial charge in [-0.1, -0.05) is 19.8 Å². The van der Waals surface area contributed by atoms with Crippen LogP contribution in [0.25, 0.3) is 0 Å². The molecule has 1 rings (SSSR count). The predicted octanol–water partition coefficient (Wildman–Crippen LogP) is 1.33. The van der Waals surface area contributed by atoms with E-state index in [1.54, 1.807) is 0 Å². The summed E-state index contributed by atoms with van der Waals surface area (Å²) >= 11 is 0. The minimum Gasteiger partial charge on any atom is -0.311 e. The van der Waals surface area contributed by atoms with Crippen molar-refractivity contribution in [2.45, 2.75) is 39.8 Å². The Bertz CT molecular complexity index is 224. The average Bonchev–Trinajstić information content (AvgIpc) is 2.14. The molecular formula is C12H22N2. The molecule has 14 heavy (non-hydrogen) atoms. The zero-order valence-electron chi connectivity index (χ0n) is 9.80. The van der Waals surface area contributed by atoms with Crippen molar-refractivity contribution in [2.75, 3.05) is 19.6 Å². The first-order valence-electron chi connectivity index (χ1n) is 5.52. The summed E-state index contributed by atoms with van der Waals surface area (Å²) in [6.45, 7) is 11.9. The van der Waals surface area contributed by atoms with Crippen LogP contribution in [-0.2, 0) is 0 Å². The van der Waals surface area contributed by atoms with Gasteiger partial charge in [-0.3, -0.25) is 4.90 Å². The third kappa shape index (κ3) is 3.01. The second kappa shape index (κ2) is 5.38. The van der Waals surface area contributed by atoms with Crippen molar-refractivity contribution < 1.29 is 0 Å². The number of rotatable bonds is 2. The van der Waals surface area contributed by atoms with Crippen LogP contribution in [-0.4, -0.2) is 36.6 Å². The van der Waals surface area contributed by atoms with Crippen molar-refractivity contribution >= 4 is 0 Å². The fourth-order valence-corrected chi connectivity index (χ4v) is 2.02. The summed E-state index contributed by atoms with van der Waals surface area (Å²) in [6.07, 6.45) is 0. The monoisotopic (exact) mass is 194 g/mol. The van der Waals surface area contributed by atoms with Crippen LogP contribution in [0.5, 0.6) is 0 Å². The van der Waals surface area contributed by atoms with Crippen LogP contribution in [0.3, 0.4) is 0 Å². The number of nitrogens with one attached hydrogen (secondary N) is 1. The molecule has 0 aliphatic carbocycles. The highest BCUT2D eigenvalue weighted by molar-refractivity contribution is 5.00.